The minimum absolute atomic E-state index is 0.116. The second-order valence-corrected chi connectivity index (χ2v) is 9.11. The van der Waals surface area contributed by atoms with Crippen LogP contribution in [0.3, 0.4) is 0 Å². The molecule has 1 aromatic carbocycles. The van der Waals surface area contributed by atoms with Crippen LogP contribution < -0.4 is 16.1 Å². The van der Waals surface area contributed by atoms with Crippen molar-refractivity contribution in [2.24, 2.45) is 25.7 Å². The molecule has 1 aliphatic heterocycles. The summed E-state index contributed by atoms with van der Waals surface area (Å²) in [7, 11) is -0.396. The first-order valence-corrected chi connectivity index (χ1v) is 10.9. The Labute approximate surface area is 164 Å². The summed E-state index contributed by atoms with van der Waals surface area (Å²) >= 11 is 0. The van der Waals surface area contributed by atoms with E-state index in [-0.39, 0.29) is 22.4 Å². The Balaban J connectivity index is 1.60. The number of piperidine rings is 1. The van der Waals surface area contributed by atoms with E-state index in [1.807, 2.05) is 0 Å². The predicted molar refractivity (Wildman–Crippen MR) is 106 cm³/mol. The molecule has 2 aromatic rings. The van der Waals surface area contributed by atoms with E-state index in [0.717, 1.165) is 19.4 Å². The van der Waals surface area contributed by atoms with Crippen LogP contribution in [0.15, 0.2) is 27.9 Å². The molecule has 3 rings (SSSR count). The van der Waals surface area contributed by atoms with Gasteiger partial charge in [0.1, 0.15) is 0 Å². The maximum absolute atomic E-state index is 12.6. The van der Waals surface area contributed by atoms with Crippen molar-refractivity contribution in [2.45, 2.75) is 24.2 Å². The van der Waals surface area contributed by atoms with Crippen molar-refractivity contribution in [1.82, 2.24) is 18.8 Å². The molecular weight excluding hydrogens is 382 g/mol. The number of amides is 1. The normalized spacial score (nSPS) is 18.6. The highest BCUT2D eigenvalue weighted by Crippen LogP contribution is 2.18. The Morgan fingerprint density at radius 2 is 1.96 bits per heavy atom. The molecule has 1 fully saturated rings. The number of hydrogen-bond donors (Lipinski definition) is 2. The van der Waals surface area contributed by atoms with Crippen LogP contribution in [-0.2, 0) is 28.9 Å². The minimum Gasteiger partial charge on any atom is -0.369 e. The third-order valence-corrected chi connectivity index (χ3v) is 6.86. The summed E-state index contributed by atoms with van der Waals surface area (Å²) in [5.41, 5.74) is 6.44. The zero-order valence-electron chi connectivity index (χ0n) is 16.2. The molecular formula is C18H27N5O4S. The highest BCUT2D eigenvalue weighted by Gasteiger charge is 2.23. The van der Waals surface area contributed by atoms with Gasteiger partial charge >= 0.3 is 5.69 Å². The van der Waals surface area contributed by atoms with E-state index in [9.17, 15) is 18.0 Å². The zero-order valence-corrected chi connectivity index (χ0v) is 17.0. The Bertz CT molecular complexity index is 1040. The third kappa shape index (κ3) is 4.13. The number of likely N-dealkylation sites (tertiary alicyclic amines) is 1. The van der Waals surface area contributed by atoms with Crippen LogP contribution in [0.2, 0.25) is 0 Å². The van der Waals surface area contributed by atoms with Crippen molar-refractivity contribution in [1.29, 1.82) is 0 Å². The predicted octanol–water partition coefficient (Wildman–Crippen LogP) is -0.257. The lowest BCUT2D eigenvalue weighted by Gasteiger charge is -2.31. The van der Waals surface area contributed by atoms with Crippen molar-refractivity contribution in [3.05, 3.63) is 28.7 Å². The fourth-order valence-electron chi connectivity index (χ4n) is 3.74. The fourth-order valence-corrected chi connectivity index (χ4v) is 4.83. The number of primary amides is 1. The number of aromatic nitrogens is 2. The fraction of sp³-hybridized carbons (Fsp3) is 0.556. The molecule has 1 saturated heterocycles. The van der Waals surface area contributed by atoms with Gasteiger partial charge in [-0.2, -0.15) is 0 Å². The number of aryl methyl sites for hydroxylation is 2. The van der Waals surface area contributed by atoms with Crippen molar-refractivity contribution < 1.29 is 13.2 Å². The van der Waals surface area contributed by atoms with Crippen LogP contribution in [0.25, 0.3) is 11.0 Å². The molecule has 3 N–H and O–H groups in total. The second-order valence-electron chi connectivity index (χ2n) is 7.34. The summed E-state index contributed by atoms with van der Waals surface area (Å²) in [6.45, 7) is 2.54. The number of nitrogens with one attached hydrogen (secondary N) is 1. The molecule has 0 aliphatic carbocycles. The average molecular weight is 410 g/mol. The largest absolute Gasteiger partial charge is 0.369 e. The first kappa shape index (κ1) is 20.6. The molecule has 1 aromatic heterocycles. The van der Waals surface area contributed by atoms with Crippen LogP contribution in [0.5, 0.6) is 0 Å². The lowest BCUT2D eigenvalue weighted by Crippen LogP contribution is -2.42. The van der Waals surface area contributed by atoms with Gasteiger partial charge in [0, 0.05) is 27.2 Å². The molecule has 1 amide bonds. The van der Waals surface area contributed by atoms with Crippen molar-refractivity contribution in [2.75, 3.05) is 26.2 Å². The topological polar surface area (TPSA) is 119 Å². The molecule has 154 valence electrons. The Morgan fingerprint density at radius 3 is 2.68 bits per heavy atom. The number of hydrogen-bond acceptors (Lipinski definition) is 5. The maximum Gasteiger partial charge on any atom is 0.328 e. The summed E-state index contributed by atoms with van der Waals surface area (Å²) in [5.74, 6) is -0.384. The molecule has 2 heterocycles. The molecule has 1 aliphatic rings. The maximum atomic E-state index is 12.6. The quantitative estimate of drug-likeness (QED) is 0.611. The van der Waals surface area contributed by atoms with E-state index >= 15 is 0 Å². The average Bonchev–Trinajstić information content (AvgIpc) is 2.89. The van der Waals surface area contributed by atoms with Gasteiger partial charge in [0.15, 0.2) is 0 Å². The molecule has 1 unspecified atom stereocenters. The number of fused-ring (bicyclic) bond motifs is 1. The number of nitrogens with two attached hydrogens (primary N) is 1. The number of imidazole rings is 1. The summed E-state index contributed by atoms with van der Waals surface area (Å²) in [6, 6.07) is 4.66. The summed E-state index contributed by atoms with van der Waals surface area (Å²) < 4.78 is 30.7. The van der Waals surface area contributed by atoms with Gasteiger partial charge in [0.25, 0.3) is 0 Å². The Morgan fingerprint density at radius 1 is 1.25 bits per heavy atom. The van der Waals surface area contributed by atoms with Crippen LogP contribution in [0, 0.1) is 5.92 Å². The molecule has 9 nitrogen and oxygen atoms in total. The molecule has 28 heavy (non-hydrogen) atoms. The number of benzene rings is 1. The lowest BCUT2D eigenvalue weighted by molar-refractivity contribution is -0.123. The van der Waals surface area contributed by atoms with E-state index in [1.165, 1.54) is 21.3 Å². The van der Waals surface area contributed by atoms with Gasteiger partial charge in [-0.05, 0) is 50.6 Å². The number of carbonyl (C=O) groups excluding carboxylic acids is 1. The van der Waals surface area contributed by atoms with Gasteiger partial charge in [-0.1, -0.05) is 0 Å². The third-order valence-electron chi connectivity index (χ3n) is 5.40. The summed E-state index contributed by atoms with van der Waals surface area (Å²) in [4.78, 5) is 25.6. The minimum atomic E-state index is -3.67. The van der Waals surface area contributed by atoms with Gasteiger partial charge in [-0.3, -0.25) is 13.9 Å². The molecule has 0 saturated carbocycles. The van der Waals surface area contributed by atoms with Gasteiger partial charge < -0.3 is 10.6 Å². The van der Waals surface area contributed by atoms with Gasteiger partial charge in [-0.15, -0.1) is 0 Å². The molecule has 10 heteroatoms. The number of carbonyl (C=O) groups is 1. The van der Waals surface area contributed by atoms with E-state index in [1.54, 1.807) is 20.2 Å². The van der Waals surface area contributed by atoms with Crippen LogP contribution in [-0.4, -0.2) is 54.5 Å². The van der Waals surface area contributed by atoms with Crippen molar-refractivity contribution in [3.63, 3.8) is 0 Å². The number of nitrogens with zero attached hydrogens (tertiary/aromatic N) is 3. The molecule has 0 bridgehead atoms. The number of sulfonamides is 1. The Hall–Kier alpha value is -2.17. The van der Waals surface area contributed by atoms with Crippen molar-refractivity contribution in [3.8, 4) is 0 Å². The van der Waals surface area contributed by atoms with Crippen molar-refractivity contribution >= 4 is 27.0 Å². The highest BCUT2D eigenvalue weighted by molar-refractivity contribution is 7.89. The van der Waals surface area contributed by atoms with Crippen LogP contribution in [0.1, 0.15) is 19.3 Å². The van der Waals surface area contributed by atoms with Gasteiger partial charge in [0.05, 0.1) is 21.8 Å². The summed E-state index contributed by atoms with van der Waals surface area (Å²) in [5, 5.41) is 0. The SMILES string of the molecule is Cn1c(=O)n(C)c2cc(S(=O)(=O)NCCCN3CCCC(C(N)=O)C3)ccc21. The first-order chi connectivity index (χ1) is 13.2. The second kappa shape index (κ2) is 8.06. The zero-order chi connectivity index (χ0) is 20.5. The van der Waals surface area contributed by atoms with Gasteiger partial charge in [-0.25, -0.2) is 17.9 Å². The molecule has 0 radical (unpaired) electrons. The van der Waals surface area contributed by atoms with E-state index in [0.29, 0.717) is 37.1 Å². The molecule has 1 atom stereocenters. The van der Waals surface area contributed by atoms with E-state index < -0.39 is 10.0 Å². The van der Waals surface area contributed by atoms with E-state index in [4.69, 9.17) is 5.73 Å². The van der Waals surface area contributed by atoms with Crippen LogP contribution in [0.4, 0.5) is 0 Å². The van der Waals surface area contributed by atoms with Gasteiger partial charge in [0.2, 0.25) is 15.9 Å². The highest BCUT2D eigenvalue weighted by atomic mass is 32.2. The standard InChI is InChI=1S/C18H27N5O4S/c1-21-15-7-6-14(11-16(15)22(2)18(21)25)28(26,27)20-8-4-10-23-9-3-5-13(12-23)17(19)24/h6-7,11,13,20H,3-5,8-10,12H2,1-2H3,(H2,19,24). The number of rotatable bonds is 7. The Kier molecular flexibility index (Phi) is 5.92. The smallest absolute Gasteiger partial charge is 0.328 e. The molecule has 0 spiro atoms. The van der Waals surface area contributed by atoms with Crippen LogP contribution >= 0.6 is 0 Å². The first-order valence-electron chi connectivity index (χ1n) is 9.37. The van der Waals surface area contributed by atoms with E-state index in [2.05, 4.69) is 9.62 Å². The monoisotopic (exact) mass is 409 g/mol. The lowest BCUT2D eigenvalue weighted by atomic mass is 9.97. The summed E-state index contributed by atoms with van der Waals surface area (Å²) in [6.07, 6.45) is 2.38.